The van der Waals surface area contributed by atoms with Crippen LogP contribution in [0.3, 0.4) is 0 Å². The summed E-state index contributed by atoms with van der Waals surface area (Å²) < 4.78 is 6.68. The molecule has 2 aliphatic rings. The molecule has 2 aliphatic heterocycles. The fourth-order valence-corrected chi connectivity index (χ4v) is 4.47. The number of likely N-dealkylation sites (N-methyl/N-ethyl adjacent to an activating group) is 1. The molecule has 34 heavy (non-hydrogen) atoms. The number of esters is 1. The van der Waals surface area contributed by atoms with E-state index in [0.29, 0.717) is 22.5 Å². The van der Waals surface area contributed by atoms with Gasteiger partial charge in [-0.05, 0) is 18.6 Å². The minimum Gasteiger partial charge on any atom is -0.458 e. The summed E-state index contributed by atoms with van der Waals surface area (Å²) in [7, 11) is 1.51. The van der Waals surface area contributed by atoms with Crippen LogP contribution < -0.4 is 10.9 Å². The Kier molecular flexibility index (Phi) is 5.17. The first-order valence-electron chi connectivity index (χ1n) is 10.8. The molecule has 0 radical (unpaired) electrons. The van der Waals surface area contributed by atoms with Crippen LogP contribution in [0.2, 0.25) is 0 Å². The van der Waals surface area contributed by atoms with Gasteiger partial charge in [0.15, 0.2) is 12.2 Å². The Labute approximate surface area is 193 Å². The number of fused-ring (bicyclic) bond motifs is 5. The topological polar surface area (TPSA) is 132 Å². The summed E-state index contributed by atoms with van der Waals surface area (Å²) in [5.41, 5.74) is 1.49. The van der Waals surface area contributed by atoms with Gasteiger partial charge < -0.3 is 24.6 Å². The van der Waals surface area contributed by atoms with Gasteiger partial charge in [0.25, 0.3) is 11.5 Å². The van der Waals surface area contributed by atoms with Gasteiger partial charge in [-0.25, -0.2) is 9.78 Å². The quantitative estimate of drug-likeness (QED) is 0.259. The molecule has 1 amide bonds. The van der Waals surface area contributed by atoms with Gasteiger partial charge in [-0.1, -0.05) is 30.3 Å². The number of carbonyl (C=O) groups is 2. The monoisotopic (exact) mass is 462 g/mol. The number of hydrogen-bond acceptors (Lipinski definition) is 8. The molecular weight excluding hydrogens is 440 g/mol. The van der Waals surface area contributed by atoms with Gasteiger partial charge in [0.1, 0.15) is 6.61 Å². The van der Waals surface area contributed by atoms with Crippen LogP contribution in [0.25, 0.3) is 22.3 Å². The first-order valence-corrected chi connectivity index (χ1v) is 10.8. The Morgan fingerprint density at radius 3 is 2.91 bits per heavy atom. The van der Waals surface area contributed by atoms with E-state index in [-0.39, 0.29) is 48.8 Å². The maximum absolute atomic E-state index is 13.4. The third-order valence-corrected chi connectivity index (χ3v) is 6.37. The van der Waals surface area contributed by atoms with E-state index in [9.17, 15) is 19.5 Å². The van der Waals surface area contributed by atoms with Crippen LogP contribution >= 0.6 is 0 Å². The molecule has 0 unspecified atom stereocenters. The average molecular weight is 462 g/mol. The maximum Gasteiger partial charge on any atom is 0.343 e. The third-order valence-electron chi connectivity index (χ3n) is 6.37. The van der Waals surface area contributed by atoms with E-state index < -0.39 is 11.6 Å². The molecule has 0 saturated heterocycles. The summed E-state index contributed by atoms with van der Waals surface area (Å²) in [5, 5.41) is 18.2. The number of benzene rings is 1. The molecule has 4 heterocycles. The summed E-state index contributed by atoms with van der Waals surface area (Å²) in [6.07, 6.45) is 1.58. The van der Waals surface area contributed by atoms with E-state index in [1.165, 1.54) is 13.3 Å². The molecule has 0 saturated carbocycles. The van der Waals surface area contributed by atoms with Crippen molar-refractivity contribution in [1.82, 2.24) is 14.9 Å². The minimum absolute atomic E-state index is 0.0698. The van der Waals surface area contributed by atoms with Gasteiger partial charge in [-0.15, -0.1) is 0 Å². The van der Waals surface area contributed by atoms with Crippen molar-refractivity contribution >= 4 is 29.0 Å². The fraction of sp³-hybridized carbons (Fsp3) is 0.292. The van der Waals surface area contributed by atoms with Crippen molar-refractivity contribution in [3.8, 4) is 11.4 Å². The van der Waals surface area contributed by atoms with Crippen molar-refractivity contribution in [3.63, 3.8) is 0 Å². The highest BCUT2D eigenvalue weighted by atomic mass is 16.6. The minimum atomic E-state index is -1.89. The van der Waals surface area contributed by atoms with Crippen LogP contribution in [0.1, 0.15) is 35.6 Å². The lowest BCUT2D eigenvalue weighted by Gasteiger charge is -2.31. The number of pyridine rings is 2. The van der Waals surface area contributed by atoms with E-state index in [0.717, 1.165) is 10.9 Å². The Morgan fingerprint density at radius 2 is 2.15 bits per heavy atom. The Hall–Kier alpha value is -4.05. The van der Waals surface area contributed by atoms with Crippen molar-refractivity contribution in [2.75, 3.05) is 13.7 Å². The van der Waals surface area contributed by atoms with Crippen LogP contribution in [0.4, 0.5) is 0 Å². The molecule has 2 aromatic heterocycles. The number of amides is 1. The molecule has 10 nitrogen and oxygen atoms in total. The van der Waals surface area contributed by atoms with Gasteiger partial charge in [0, 0.05) is 29.1 Å². The Morgan fingerprint density at radius 1 is 1.35 bits per heavy atom. The summed E-state index contributed by atoms with van der Waals surface area (Å²) in [6.45, 7) is 1.47. The van der Waals surface area contributed by atoms with Crippen LogP contribution in [-0.2, 0) is 37.9 Å². The van der Waals surface area contributed by atoms with E-state index in [1.54, 1.807) is 17.6 Å². The molecule has 174 valence electrons. The van der Waals surface area contributed by atoms with E-state index in [2.05, 4.69) is 10.5 Å². The SMILES string of the molecule is CC[C@@]1(O)C(=O)OCc2c1cc1n(c2=O)Cc2c-1nc1ccccc1c2/C=N/OCC(=O)NC. The smallest absolute Gasteiger partial charge is 0.343 e. The predicted octanol–water partition coefficient (Wildman–Crippen LogP) is 1.18. The molecule has 5 rings (SSSR count). The molecule has 1 aromatic carbocycles. The number of rotatable bonds is 5. The zero-order chi connectivity index (χ0) is 24.0. The zero-order valence-electron chi connectivity index (χ0n) is 18.6. The fourth-order valence-electron chi connectivity index (χ4n) is 4.47. The number of nitrogens with zero attached hydrogens (tertiary/aromatic N) is 3. The molecule has 2 N–H and O–H groups in total. The third kappa shape index (κ3) is 3.18. The summed E-state index contributed by atoms with van der Waals surface area (Å²) in [4.78, 5) is 47.1. The number of aliphatic hydroxyl groups is 1. The second kappa shape index (κ2) is 8.07. The molecular formula is C24H22N4O6. The molecule has 1 atom stereocenters. The standard InChI is InChI=1S/C24H22N4O6/c1-3-24(32)17-8-19-21-15(10-28(19)22(30)16(17)11-33-23(24)31)14(9-26-34-12-20(29)25-2)13-6-4-5-7-18(13)27-21/h4-9,32H,3,10-12H2,1-2H3,(H,25,29)/b26-9+/t24-/m0/s1. The number of para-hydroxylation sites is 1. The molecule has 0 bridgehead atoms. The number of nitrogens with one attached hydrogen (secondary N) is 1. The highest BCUT2D eigenvalue weighted by Gasteiger charge is 2.45. The van der Waals surface area contributed by atoms with Gasteiger partial charge >= 0.3 is 5.97 Å². The van der Waals surface area contributed by atoms with E-state index in [1.807, 2.05) is 24.3 Å². The highest BCUT2D eigenvalue weighted by molar-refractivity contribution is 6.02. The van der Waals surface area contributed by atoms with Crippen molar-refractivity contribution in [2.45, 2.75) is 32.1 Å². The first-order chi connectivity index (χ1) is 16.4. The highest BCUT2D eigenvalue weighted by Crippen LogP contribution is 2.39. The molecule has 10 heteroatoms. The summed E-state index contributed by atoms with van der Waals surface area (Å²) >= 11 is 0. The van der Waals surface area contributed by atoms with Crippen LogP contribution in [0, 0.1) is 0 Å². The lowest BCUT2D eigenvalue weighted by Crippen LogP contribution is -2.44. The number of hydrogen-bond donors (Lipinski definition) is 2. The average Bonchev–Trinajstić information content (AvgIpc) is 3.22. The number of oxime groups is 1. The lowest BCUT2D eigenvalue weighted by atomic mass is 9.86. The molecule has 0 fully saturated rings. The van der Waals surface area contributed by atoms with E-state index in [4.69, 9.17) is 14.6 Å². The largest absolute Gasteiger partial charge is 0.458 e. The van der Waals surface area contributed by atoms with Gasteiger partial charge in [-0.2, -0.15) is 0 Å². The number of carbonyl (C=O) groups excluding carboxylic acids is 2. The number of aromatic nitrogens is 2. The lowest BCUT2D eigenvalue weighted by molar-refractivity contribution is -0.172. The van der Waals surface area contributed by atoms with Gasteiger partial charge in [-0.3, -0.25) is 9.59 Å². The van der Waals surface area contributed by atoms with Crippen molar-refractivity contribution in [3.05, 3.63) is 62.9 Å². The van der Waals surface area contributed by atoms with Crippen molar-refractivity contribution < 1.29 is 24.3 Å². The maximum atomic E-state index is 13.4. The molecule has 0 spiro atoms. The van der Waals surface area contributed by atoms with E-state index >= 15 is 0 Å². The number of cyclic esters (lactones) is 1. The molecule has 3 aromatic rings. The Balaban J connectivity index is 1.69. The first kappa shape index (κ1) is 21.8. The van der Waals surface area contributed by atoms with Crippen LogP contribution in [0.15, 0.2) is 40.3 Å². The van der Waals surface area contributed by atoms with Gasteiger partial charge in [0.2, 0.25) is 0 Å². The van der Waals surface area contributed by atoms with Crippen molar-refractivity contribution in [1.29, 1.82) is 0 Å². The molecule has 0 aliphatic carbocycles. The normalized spacial score (nSPS) is 18.4. The second-order valence-electron chi connectivity index (χ2n) is 8.15. The Bertz CT molecular complexity index is 1440. The zero-order valence-corrected chi connectivity index (χ0v) is 18.6. The second-order valence-corrected chi connectivity index (χ2v) is 8.15. The van der Waals surface area contributed by atoms with Crippen LogP contribution in [0.5, 0.6) is 0 Å². The summed E-state index contributed by atoms with van der Waals surface area (Å²) in [5.74, 6) is -1.08. The van der Waals surface area contributed by atoms with Crippen molar-refractivity contribution in [2.24, 2.45) is 5.16 Å². The van der Waals surface area contributed by atoms with Crippen LogP contribution in [-0.4, -0.2) is 46.4 Å². The van der Waals surface area contributed by atoms with Gasteiger partial charge in [0.05, 0.1) is 35.2 Å². The number of ether oxygens (including phenoxy) is 1. The summed E-state index contributed by atoms with van der Waals surface area (Å²) in [6, 6.07) is 9.12. The predicted molar refractivity (Wildman–Crippen MR) is 122 cm³/mol.